The topological polar surface area (TPSA) is 40.5 Å². The fraction of sp³-hybridized carbons (Fsp3) is 0.778. The third-order valence-corrected chi connectivity index (χ3v) is 8.00. The Morgan fingerprint density at radius 3 is 1.35 bits per heavy atom. The predicted octanol–water partition coefficient (Wildman–Crippen LogP) is 3.05. The van der Waals surface area contributed by atoms with Gasteiger partial charge in [-0.1, -0.05) is 46.4 Å². The van der Waals surface area contributed by atoms with Crippen molar-refractivity contribution in [3.63, 3.8) is 0 Å². The fourth-order valence-electron chi connectivity index (χ4n) is 2.71. The summed E-state index contributed by atoms with van der Waals surface area (Å²) < 4.78 is -1.70. The molecule has 2 aliphatic rings. The van der Waals surface area contributed by atoms with Gasteiger partial charge in [0.05, 0.1) is 10.1 Å². The SMILES string of the molecule is OCC1C(CO)C2(Cl)C(Cl)=C(Cl)C1(Cl)C2(Cl)Cl. The number of fused-ring (bicyclic) bond motifs is 2. The monoisotopic (exact) mass is 358 g/mol. The van der Waals surface area contributed by atoms with E-state index in [9.17, 15) is 10.2 Å². The highest BCUT2D eigenvalue weighted by Gasteiger charge is 2.81. The van der Waals surface area contributed by atoms with Crippen molar-refractivity contribution in [1.29, 1.82) is 0 Å². The number of hydrogen-bond acceptors (Lipinski definition) is 2. The molecule has 0 amide bonds. The number of allylic oxidation sites excluding steroid dienone is 2. The third kappa shape index (κ3) is 1.34. The van der Waals surface area contributed by atoms with Crippen molar-refractivity contribution in [1.82, 2.24) is 0 Å². The molecule has 8 heteroatoms. The summed E-state index contributed by atoms with van der Waals surface area (Å²) >= 11 is 37.3. The zero-order chi connectivity index (χ0) is 13.2. The van der Waals surface area contributed by atoms with E-state index in [-0.39, 0.29) is 23.3 Å². The second-order valence-corrected chi connectivity index (χ2v) is 7.48. The van der Waals surface area contributed by atoms with Crippen molar-refractivity contribution in [2.75, 3.05) is 13.2 Å². The Bertz CT molecular complexity index is 363. The summed E-state index contributed by atoms with van der Waals surface area (Å²) in [4.78, 5) is -2.97. The molecule has 1 saturated carbocycles. The van der Waals surface area contributed by atoms with Gasteiger partial charge < -0.3 is 10.2 Å². The summed E-state index contributed by atoms with van der Waals surface area (Å²) in [6, 6.07) is 0. The second-order valence-electron chi connectivity index (χ2n) is 4.20. The highest BCUT2D eigenvalue weighted by atomic mass is 35.5. The van der Waals surface area contributed by atoms with Crippen molar-refractivity contribution in [2.45, 2.75) is 14.1 Å². The van der Waals surface area contributed by atoms with Crippen molar-refractivity contribution >= 4 is 69.6 Å². The molecule has 1 fully saturated rings. The largest absolute Gasteiger partial charge is 0.396 e. The molecule has 4 atom stereocenters. The lowest BCUT2D eigenvalue weighted by Gasteiger charge is -2.34. The van der Waals surface area contributed by atoms with Gasteiger partial charge in [-0.2, -0.15) is 0 Å². The van der Waals surface area contributed by atoms with Crippen LogP contribution in [0.2, 0.25) is 0 Å². The number of rotatable bonds is 2. The highest BCUT2D eigenvalue weighted by Crippen LogP contribution is 2.75. The number of aliphatic hydroxyl groups excluding tert-OH is 2. The van der Waals surface area contributed by atoms with Crippen LogP contribution in [0, 0.1) is 11.8 Å². The summed E-state index contributed by atoms with van der Waals surface area (Å²) in [5.74, 6) is -1.34. The average Bonchev–Trinajstić information content (AvgIpc) is 2.48. The van der Waals surface area contributed by atoms with Gasteiger partial charge in [0.1, 0.15) is 9.75 Å². The normalized spacial score (nSPS) is 48.0. The Hall–Kier alpha value is 1.40. The van der Waals surface area contributed by atoms with Crippen LogP contribution in [-0.2, 0) is 0 Å². The summed E-state index contributed by atoms with van der Waals surface area (Å²) in [5.41, 5.74) is 0. The molecule has 0 aromatic heterocycles. The van der Waals surface area contributed by atoms with Gasteiger partial charge >= 0.3 is 0 Å². The molecule has 0 spiro atoms. The van der Waals surface area contributed by atoms with Crippen LogP contribution in [0.15, 0.2) is 10.1 Å². The van der Waals surface area contributed by atoms with Crippen LogP contribution in [0.1, 0.15) is 0 Å². The molecule has 2 rings (SSSR count). The van der Waals surface area contributed by atoms with E-state index >= 15 is 0 Å². The molecule has 0 heterocycles. The first-order valence-electron chi connectivity index (χ1n) is 4.74. The highest BCUT2D eigenvalue weighted by molar-refractivity contribution is 6.65. The van der Waals surface area contributed by atoms with Gasteiger partial charge in [0.2, 0.25) is 0 Å². The van der Waals surface area contributed by atoms with E-state index in [1.165, 1.54) is 0 Å². The fourth-order valence-corrected chi connectivity index (χ4v) is 5.78. The molecule has 2 nitrogen and oxygen atoms in total. The molecule has 2 N–H and O–H groups in total. The van der Waals surface area contributed by atoms with Gasteiger partial charge in [0, 0.05) is 25.0 Å². The first-order valence-corrected chi connectivity index (χ1v) is 7.01. The zero-order valence-electron chi connectivity index (χ0n) is 8.23. The van der Waals surface area contributed by atoms with E-state index < -0.39 is 25.9 Å². The second kappa shape index (κ2) is 4.20. The van der Waals surface area contributed by atoms with Crippen molar-refractivity contribution < 1.29 is 10.2 Å². The van der Waals surface area contributed by atoms with Gasteiger partial charge in [0.15, 0.2) is 4.33 Å². The lowest BCUT2D eigenvalue weighted by Crippen LogP contribution is -2.45. The Labute approximate surface area is 128 Å². The lowest BCUT2D eigenvalue weighted by molar-refractivity contribution is 0.120. The molecule has 0 aliphatic heterocycles. The number of alkyl halides is 4. The average molecular weight is 361 g/mol. The maximum absolute atomic E-state index is 9.41. The van der Waals surface area contributed by atoms with Crippen LogP contribution in [0.4, 0.5) is 0 Å². The standard InChI is InChI=1S/C9H8Cl6O2/c10-5-6(11)8(13)4(2-17)3(1-16)7(5,12)9(8,14)15/h3-4,16-17H,1-2H2. The van der Waals surface area contributed by atoms with E-state index in [1.54, 1.807) is 0 Å². The maximum atomic E-state index is 9.41. The van der Waals surface area contributed by atoms with Crippen molar-refractivity contribution in [2.24, 2.45) is 11.8 Å². The Morgan fingerprint density at radius 1 is 0.824 bits per heavy atom. The van der Waals surface area contributed by atoms with Crippen LogP contribution in [0.25, 0.3) is 0 Å². The van der Waals surface area contributed by atoms with Crippen LogP contribution >= 0.6 is 69.6 Å². The van der Waals surface area contributed by atoms with Gasteiger partial charge in [-0.25, -0.2) is 0 Å². The van der Waals surface area contributed by atoms with Crippen LogP contribution in [-0.4, -0.2) is 37.5 Å². The first-order chi connectivity index (χ1) is 7.71. The zero-order valence-corrected chi connectivity index (χ0v) is 12.8. The maximum Gasteiger partial charge on any atom is 0.167 e. The predicted molar refractivity (Wildman–Crippen MR) is 71.5 cm³/mol. The van der Waals surface area contributed by atoms with E-state index in [1.807, 2.05) is 0 Å². The van der Waals surface area contributed by atoms with Crippen molar-refractivity contribution in [3.05, 3.63) is 10.1 Å². The summed E-state index contributed by atoms with van der Waals surface area (Å²) in [5, 5.41) is 18.9. The molecular formula is C9H8Cl6O2. The first kappa shape index (κ1) is 14.8. The van der Waals surface area contributed by atoms with Gasteiger partial charge in [-0.15, -0.1) is 23.2 Å². The van der Waals surface area contributed by atoms with E-state index in [0.717, 1.165) is 0 Å². The molecule has 4 unspecified atom stereocenters. The lowest BCUT2D eigenvalue weighted by atomic mass is 9.83. The molecule has 2 aliphatic carbocycles. The Balaban J connectivity index is 2.72. The molecular weight excluding hydrogens is 353 g/mol. The molecule has 0 saturated heterocycles. The molecule has 98 valence electrons. The summed E-state index contributed by atoms with van der Waals surface area (Å²) in [6.07, 6.45) is 0. The molecule has 0 radical (unpaired) electrons. The molecule has 0 aromatic rings. The number of aliphatic hydroxyl groups is 2. The summed E-state index contributed by atoms with van der Waals surface area (Å²) in [6.45, 7) is -0.713. The Morgan fingerprint density at radius 2 is 1.12 bits per heavy atom. The number of hydrogen-bond donors (Lipinski definition) is 2. The minimum Gasteiger partial charge on any atom is -0.396 e. The molecule has 2 bridgehead atoms. The van der Waals surface area contributed by atoms with Gasteiger partial charge in [-0.3, -0.25) is 0 Å². The van der Waals surface area contributed by atoms with Gasteiger partial charge in [0.25, 0.3) is 0 Å². The van der Waals surface area contributed by atoms with E-state index in [2.05, 4.69) is 0 Å². The van der Waals surface area contributed by atoms with E-state index in [0.29, 0.717) is 0 Å². The number of halogens is 6. The van der Waals surface area contributed by atoms with Crippen molar-refractivity contribution in [3.8, 4) is 0 Å². The molecule has 17 heavy (non-hydrogen) atoms. The summed E-state index contributed by atoms with van der Waals surface area (Å²) in [7, 11) is 0. The van der Waals surface area contributed by atoms with Crippen LogP contribution < -0.4 is 0 Å². The minimum absolute atomic E-state index is 0.0320. The van der Waals surface area contributed by atoms with E-state index in [4.69, 9.17) is 69.6 Å². The van der Waals surface area contributed by atoms with Crippen LogP contribution in [0.5, 0.6) is 0 Å². The molecule has 0 aromatic carbocycles. The quantitative estimate of drug-likeness (QED) is 0.743. The third-order valence-electron chi connectivity index (χ3n) is 3.65. The smallest absolute Gasteiger partial charge is 0.167 e. The Kier molecular flexibility index (Phi) is 3.65. The minimum atomic E-state index is -1.70. The van der Waals surface area contributed by atoms with Crippen LogP contribution in [0.3, 0.4) is 0 Å². The van der Waals surface area contributed by atoms with Gasteiger partial charge in [-0.05, 0) is 0 Å².